The van der Waals surface area contributed by atoms with Gasteiger partial charge in [0.15, 0.2) is 0 Å². The molecule has 0 aromatic carbocycles. The van der Waals surface area contributed by atoms with E-state index in [2.05, 4.69) is 13.8 Å². The van der Waals surface area contributed by atoms with Crippen LogP contribution in [0.1, 0.15) is 58.8 Å². The van der Waals surface area contributed by atoms with Crippen molar-refractivity contribution in [1.29, 1.82) is 0 Å². The number of rotatable bonds is 1. The molecule has 1 spiro atoms. The molecule has 0 nitrogen and oxygen atoms in total. The zero-order valence-corrected chi connectivity index (χ0v) is 13.2. The fourth-order valence-electron chi connectivity index (χ4n) is 10.2. The quantitative estimate of drug-likeness (QED) is 0.630. The van der Waals surface area contributed by atoms with Crippen LogP contribution in [0.25, 0.3) is 0 Å². The smallest absolute Gasteiger partial charge is 0.0225 e. The molecule has 0 aliphatic heterocycles. The molecule has 20 heavy (non-hydrogen) atoms. The zero-order valence-electron chi connectivity index (χ0n) is 13.2. The summed E-state index contributed by atoms with van der Waals surface area (Å²) in [5.41, 5.74) is 0.899. The molecule has 8 fully saturated rings. The summed E-state index contributed by atoms with van der Waals surface area (Å²) >= 11 is 0. The van der Waals surface area contributed by atoms with Crippen molar-refractivity contribution in [1.82, 2.24) is 0 Å². The van der Waals surface area contributed by atoms with Gasteiger partial charge in [-0.15, -0.1) is 0 Å². The van der Waals surface area contributed by atoms with Gasteiger partial charge in [0.2, 0.25) is 0 Å². The van der Waals surface area contributed by atoms with Gasteiger partial charge in [-0.2, -0.15) is 0 Å². The summed E-state index contributed by atoms with van der Waals surface area (Å²) in [7, 11) is 0. The first-order valence-corrected chi connectivity index (χ1v) is 9.67. The highest BCUT2D eigenvalue weighted by molar-refractivity contribution is 5.21. The van der Waals surface area contributed by atoms with Crippen molar-refractivity contribution in [2.75, 3.05) is 0 Å². The molecule has 0 aromatic heterocycles. The predicted molar refractivity (Wildman–Crippen MR) is 81.0 cm³/mol. The molecule has 8 aliphatic carbocycles. The first kappa shape index (κ1) is 11.6. The minimum absolute atomic E-state index is 0.899. The van der Waals surface area contributed by atoms with Crippen LogP contribution in [0.2, 0.25) is 0 Å². The van der Waals surface area contributed by atoms with Crippen LogP contribution < -0.4 is 0 Å². The molecular weight excluding hydrogens is 240 g/mol. The Morgan fingerprint density at radius 3 is 2.25 bits per heavy atom. The van der Waals surface area contributed by atoms with Crippen LogP contribution in [0.3, 0.4) is 0 Å². The van der Waals surface area contributed by atoms with Crippen molar-refractivity contribution < 1.29 is 0 Å². The Morgan fingerprint density at radius 1 is 0.750 bits per heavy atom. The lowest BCUT2D eigenvalue weighted by Crippen LogP contribution is -2.71. The molecule has 8 rings (SSSR count). The van der Waals surface area contributed by atoms with Crippen LogP contribution in [0, 0.1) is 64.6 Å². The lowest BCUT2D eigenvalue weighted by atomic mass is 9.27. The van der Waals surface area contributed by atoms with Crippen LogP contribution in [-0.4, -0.2) is 0 Å². The second-order valence-corrected chi connectivity index (χ2v) is 10.3. The van der Waals surface area contributed by atoms with Gasteiger partial charge < -0.3 is 0 Å². The highest BCUT2D eigenvalue weighted by Gasteiger charge is 2.73. The topological polar surface area (TPSA) is 0 Å². The highest BCUT2D eigenvalue weighted by Crippen LogP contribution is 2.80. The summed E-state index contributed by atoms with van der Waals surface area (Å²) in [6, 6.07) is 0. The second-order valence-electron chi connectivity index (χ2n) is 10.3. The third kappa shape index (κ3) is 1.06. The van der Waals surface area contributed by atoms with Gasteiger partial charge in [0.1, 0.15) is 0 Å². The normalized spacial score (nSPS) is 68.2. The van der Waals surface area contributed by atoms with E-state index in [4.69, 9.17) is 0 Å². The lowest BCUT2D eigenvalue weighted by molar-refractivity contribution is -0.296. The van der Waals surface area contributed by atoms with Gasteiger partial charge in [0.25, 0.3) is 0 Å². The molecule has 10 unspecified atom stereocenters. The summed E-state index contributed by atoms with van der Waals surface area (Å²) in [4.78, 5) is 0. The average Bonchev–Trinajstić information content (AvgIpc) is 2.34. The Balaban J connectivity index is 1.53. The molecular formula is C20H30. The van der Waals surface area contributed by atoms with E-state index >= 15 is 0 Å². The van der Waals surface area contributed by atoms with Crippen molar-refractivity contribution >= 4 is 0 Å². The summed E-state index contributed by atoms with van der Waals surface area (Å²) in [6.45, 7) is 5.08. The van der Waals surface area contributed by atoms with E-state index in [1.165, 1.54) is 35.5 Å². The fourth-order valence-corrected chi connectivity index (χ4v) is 10.2. The Bertz CT molecular complexity index is 465. The van der Waals surface area contributed by atoms with Crippen molar-refractivity contribution in [2.24, 2.45) is 64.6 Å². The standard InChI is InChI=1S/C20H30/c1-10(2)17-15-6-14-7-16(17)19-13-4-11-3-12(5-13)18(14)20(19,8-11)9-15/h10-19H,3-9H2,1-2H3. The van der Waals surface area contributed by atoms with E-state index in [-0.39, 0.29) is 0 Å². The van der Waals surface area contributed by atoms with Crippen molar-refractivity contribution in [3.05, 3.63) is 0 Å². The highest BCUT2D eigenvalue weighted by atomic mass is 14.8. The summed E-state index contributed by atoms with van der Waals surface area (Å²) in [5.74, 6) is 11.5. The third-order valence-corrected chi connectivity index (χ3v) is 9.49. The van der Waals surface area contributed by atoms with Crippen LogP contribution >= 0.6 is 0 Å². The Kier molecular flexibility index (Phi) is 1.92. The van der Waals surface area contributed by atoms with E-state index in [9.17, 15) is 0 Å². The third-order valence-electron chi connectivity index (χ3n) is 9.49. The molecule has 0 N–H and O–H groups in total. The Hall–Kier alpha value is 0. The number of hydrogen-bond donors (Lipinski definition) is 0. The largest absolute Gasteiger partial charge is 0.0625 e. The Labute approximate surface area is 124 Å². The van der Waals surface area contributed by atoms with Gasteiger partial charge in [0, 0.05) is 0 Å². The maximum atomic E-state index is 2.54. The van der Waals surface area contributed by atoms with Gasteiger partial charge in [-0.05, 0) is 110 Å². The summed E-state index contributed by atoms with van der Waals surface area (Å²) in [6.07, 6.45) is 11.6. The van der Waals surface area contributed by atoms with E-state index in [1.807, 2.05) is 0 Å². The molecule has 9 bridgehead atoms. The number of hydrogen-bond acceptors (Lipinski definition) is 0. The van der Waals surface area contributed by atoms with Gasteiger partial charge in [0.05, 0.1) is 0 Å². The van der Waals surface area contributed by atoms with E-state index in [0.29, 0.717) is 0 Å². The molecule has 0 aromatic rings. The Morgan fingerprint density at radius 2 is 1.45 bits per heavy atom. The van der Waals surface area contributed by atoms with Crippen molar-refractivity contribution in [2.45, 2.75) is 58.8 Å². The van der Waals surface area contributed by atoms with E-state index in [0.717, 1.165) is 29.1 Å². The SMILES string of the molecule is CC(C)C1C2CC3CC1C1C4CC5CC(C4)C3C1(C5)C2. The first-order chi connectivity index (χ1) is 9.67. The van der Waals surface area contributed by atoms with Crippen LogP contribution in [0.15, 0.2) is 0 Å². The second kappa shape index (κ2) is 3.33. The molecule has 8 aliphatic rings. The van der Waals surface area contributed by atoms with Crippen molar-refractivity contribution in [3.63, 3.8) is 0 Å². The summed E-state index contributed by atoms with van der Waals surface area (Å²) < 4.78 is 0. The van der Waals surface area contributed by atoms with E-state index in [1.54, 1.807) is 44.9 Å². The van der Waals surface area contributed by atoms with Crippen LogP contribution in [0.5, 0.6) is 0 Å². The average molecular weight is 270 g/mol. The van der Waals surface area contributed by atoms with Crippen LogP contribution in [-0.2, 0) is 0 Å². The molecule has 10 atom stereocenters. The van der Waals surface area contributed by atoms with Crippen LogP contribution in [0.4, 0.5) is 0 Å². The lowest BCUT2D eigenvalue weighted by Gasteiger charge is -2.78. The minimum atomic E-state index is 0.899. The van der Waals surface area contributed by atoms with Gasteiger partial charge in [-0.25, -0.2) is 0 Å². The zero-order chi connectivity index (χ0) is 13.2. The molecule has 0 saturated heterocycles. The molecule has 0 heterocycles. The predicted octanol–water partition coefficient (Wildman–Crippen LogP) is 4.99. The van der Waals surface area contributed by atoms with E-state index < -0.39 is 0 Å². The molecule has 8 saturated carbocycles. The monoisotopic (exact) mass is 270 g/mol. The maximum Gasteiger partial charge on any atom is -0.0225 e. The molecule has 0 radical (unpaired) electrons. The fraction of sp³-hybridized carbons (Fsp3) is 1.00. The molecule has 0 amide bonds. The van der Waals surface area contributed by atoms with Gasteiger partial charge >= 0.3 is 0 Å². The maximum absolute atomic E-state index is 2.54. The minimum Gasteiger partial charge on any atom is -0.0625 e. The van der Waals surface area contributed by atoms with Gasteiger partial charge in [-0.1, -0.05) is 13.8 Å². The summed E-state index contributed by atoms with van der Waals surface area (Å²) in [5, 5.41) is 0. The van der Waals surface area contributed by atoms with Gasteiger partial charge in [-0.3, -0.25) is 0 Å². The first-order valence-electron chi connectivity index (χ1n) is 9.67. The molecule has 110 valence electrons. The van der Waals surface area contributed by atoms with Crippen molar-refractivity contribution in [3.8, 4) is 0 Å². The molecule has 0 heteroatoms.